The van der Waals surface area contributed by atoms with E-state index in [9.17, 15) is 14.7 Å². The molecule has 4 rings (SSSR count). The van der Waals surface area contributed by atoms with Crippen molar-refractivity contribution >= 4 is 40.7 Å². The van der Waals surface area contributed by atoms with E-state index in [1.807, 2.05) is 4.90 Å². The normalized spacial score (nSPS) is 30.8. The molecule has 2 N–H and O–H groups in total. The highest BCUT2D eigenvalue weighted by molar-refractivity contribution is 6.42. The summed E-state index contributed by atoms with van der Waals surface area (Å²) in [5.41, 5.74) is 0.797. The molecule has 1 saturated carbocycles. The molecule has 1 aromatic carbocycles. The number of hydrogen-bond acceptors (Lipinski definition) is 3. The predicted molar refractivity (Wildman–Crippen MR) is 95.9 cm³/mol. The van der Waals surface area contributed by atoms with Gasteiger partial charge in [-0.05, 0) is 49.3 Å². The third kappa shape index (κ3) is 2.64. The monoisotopic (exact) mass is 382 g/mol. The minimum absolute atomic E-state index is 0.0370. The van der Waals surface area contributed by atoms with Crippen LogP contribution in [0.15, 0.2) is 12.1 Å². The van der Waals surface area contributed by atoms with E-state index in [-0.39, 0.29) is 30.3 Å². The SMILES string of the molecule is O=C([C@H]1CC[C@H](CO)C1)N1CC[C@]2(C1)C(=O)Nc1cc(Cl)c(Cl)cc12. The van der Waals surface area contributed by atoms with Crippen LogP contribution in [0.3, 0.4) is 0 Å². The maximum atomic E-state index is 12.9. The van der Waals surface area contributed by atoms with Crippen LogP contribution in [0.5, 0.6) is 0 Å². The highest BCUT2D eigenvalue weighted by atomic mass is 35.5. The predicted octanol–water partition coefficient (Wildman–Crippen LogP) is 2.82. The number of amides is 2. The first kappa shape index (κ1) is 17.1. The van der Waals surface area contributed by atoms with Crippen molar-refractivity contribution in [2.75, 3.05) is 25.0 Å². The van der Waals surface area contributed by atoms with Gasteiger partial charge in [0, 0.05) is 31.3 Å². The molecule has 0 unspecified atom stereocenters. The lowest BCUT2D eigenvalue weighted by molar-refractivity contribution is -0.134. The average Bonchev–Trinajstić information content (AvgIpc) is 3.29. The molecule has 2 fully saturated rings. The van der Waals surface area contributed by atoms with Gasteiger partial charge in [-0.15, -0.1) is 0 Å². The van der Waals surface area contributed by atoms with E-state index < -0.39 is 5.41 Å². The number of fused-ring (bicyclic) bond motifs is 2. The first-order valence-electron chi connectivity index (χ1n) is 8.65. The van der Waals surface area contributed by atoms with E-state index in [2.05, 4.69) is 5.32 Å². The molecule has 5 nitrogen and oxygen atoms in total. The van der Waals surface area contributed by atoms with Gasteiger partial charge in [-0.1, -0.05) is 23.2 Å². The fourth-order valence-corrected chi connectivity index (χ4v) is 4.86. The van der Waals surface area contributed by atoms with Gasteiger partial charge in [-0.3, -0.25) is 9.59 Å². The van der Waals surface area contributed by atoms with Crippen molar-refractivity contribution in [1.29, 1.82) is 0 Å². The Hall–Kier alpha value is -1.30. The third-order valence-electron chi connectivity index (χ3n) is 5.99. The van der Waals surface area contributed by atoms with Crippen LogP contribution < -0.4 is 5.32 Å². The van der Waals surface area contributed by atoms with Crippen LogP contribution in [0.1, 0.15) is 31.2 Å². The fourth-order valence-electron chi connectivity index (χ4n) is 4.54. The zero-order valence-corrected chi connectivity index (χ0v) is 15.2. The lowest BCUT2D eigenvalue weighted by Gasteiger charge is -2.24. The molecular formula is C18H20Cl2N2O3. The Morgan fingerprint density at radius 1 is 1.32 bits per heavy atom. The highest BCUT2D eigenvalue weighted by Crippen LogP contribution is 2.47. The topological polar surface area (TPSA) is 69.6 Å². The molecule has 7 heteroatoms. The summed E-state index contributed by atoms with van der Waals surface area (Å²) in [6.07, 6.45) is 3.04. The Labute approximate surface area is 156 Å². The number of hydrogen-bond donors (Lipinski definition) is 2. The van der Waals surface area contributed by atoms with Crippen LogP contribution in [-0.2, 0) is 15.0 Å². The maximum Gasteiger partial charge on any atom is 0.237 e. The van der Waals surface area contributed by atoms with Gasteiger partial charge in [-0.2, -0.15) is 0 Å². The summed E-state index contributed by atoms with van der Waals surface area (Å²) in [4.78, 5) is 27.4. The summed E-state index contributed by atoms with van der Waals surface area (Å²) in [6, 6.07) is 3.43. The molecule has 2 amide bonds. The molecule has 0 radical (unpaired) electrons. The van der Waals surface area contributed by atoms with Crippen molar-refractivity contribution in [3.8, 4) is 0 Å². The molecule has 3 aliphatic rings. The number of carbonyl (C=O) groups is 2. The average molecular weight is 383 g/mol. The lowest BCUT2D eigenvalue weighted by atomic mass is 9.81. The van der Waals surface area contributed by atoms with Crippen molar-refractivity contribution in [2.24, 2.45) is 11.8 Å². The quantitative estimate of drug-likeness (QED) is 0.825. The van der Waals surface area contributed by atoms with Crippen molar-refractivity contribution in [3.63, 3.8) is 0 Å². The van der Waals surface area contributed by atoms with Crippen LogP contribution in [0.25, 0.3) is 0 Å². The van der Waals surface area contributed by atoms with E-state index in [1.54, 1.807) is 12.1 Å². The van der Waals surface area contributed by atoms with Gasteiger partial charge >= 0.3 is 0 Å². The number of halogens is 2. The molecular weight excluding hydrogens is 363 g/mol. The lowest BCUT2D eigenvalue weighted by Crippen LogP contribution is -2.40. The molecule has 1 aromatic rings. The largest absolute Gasteiger partial charge is 0.396 e. The Kier molecular flexibility index (Phi) is 4.21. The summed E-state index contributed by atoms with van der Waals surface area (Å²) in [5.74, 6) is 0.205. The summed E-state index contributed by atoms with van der Waals surface area (Å²) < 4.78 is 0. The summed E-state index contributed by atoms with van der Waals surface area (Å²) >= 11 is 12.2. The number of nitrogens with one attached hydrogen (secondary N) is 1. The van der Waals surface area contributed by atoms with Crippen LogP contribution in [0.4, 0.5) is 5.69 Å². The van der Waals surface area contributed by atoms with Crippen LogP contribution >= 0.6 is 23.2 Å². The van der Waals surface area contributed by atoms with Crippen LogP contribution in [0, 0.1) is 11.8 Å². The molecule has 25 heavy (non-hydrogen) atoms. The third-order valence-corrected chi connectivity index (χ3v) is 6.71. The number of nitrogens with zero attached hydrogens (tertiary/aromatic N) is 1. The van der Waals surface area contributed by atoms with Gasteiger partial charge in [0.2, 0.25) is 11.8 Å². The van der Waals surface area contributed by atoms with Gasteiger partial charge in [0.1, 0.15) is 0 Å². The Morgan fingerprint density at radius 3 is 2.80 bits per heavy atom. The van der Waals surface area contributed by atoms with E-state index in [0.29, 0.717) is 35.2 Å². The summed E-state index contributed by atoms with van der Waals surface area (Å²) in [7, 11) is 0. The number of carbonyl (C=O) groups excluding carboxylic acids is 2. The number of aliphatic hydroxyl groups excluding tert-OH is 1. The maximum absolute atomic E-state index is 12.9. The molecule has 0 aromatic heterocycles. The van der Waals surface area contributed by atoms with Crippen molar-refractivity contribution < 1.29 is 14.7 Å². The number of aliphatic hydroxyl groups is 1. The number of likely N-dealkylation sites (tertiary alicyclic amines) is 1. The molecule has 1 aliphatic carbocycles. The molecule has 0 bridgehead atoms. The van der Waals surface area contributed by atoms with Gasteiger partial charge in [-0.25, -0.2) is 0 Å². The Bertz CT molecular complexity index is 754. The van der Waals surface area contributed by atoms with E-state index in [4.69, 9.17) is 23.2 Å². The van der Waals surface area contributed by atoms with Gasteiger partial charge in [0.15, 0.2) is 0 Å². The van der Waals surface area contributed by atoms with Crippen LogP contribution in [-0.4, -0.2) is 41.5 Å². The Morgan fingerprint density at radius 2 is 2.08 bits per heavy atom. The zero-order chi connectivity index (χ0) is 17.8. The standard InChI is InChI=1S/C18H20Cl2N2O3/c19-13-6-12-15(7-14(13)20)21-17(25)18(12)3-4-22(9-18)16(24)11-2-1-10(5-11)8-23/h6-7,10-11,23H,1-5,8-9H2,(H,21,25)/t10-,11-,18+/m0/s1. The number of rotatable bonds is 2. The smallest absolute Gasteiger partial charge is 0.237 e. The molecule has 2 aliphatic heterocycles. The molecule has 134 valence electrons. The Balaban J connectivity index is 1.57. The van der Waals surface area contributed by atoms with E-state index in [1.165, 1.54) is 0 Å². The highest BCUT2D eigenvalue weighted by Gasteiger charge is 2.53. The van der Waals surface area contributed by atoms with Crippen LogP contribution in [0.2, 0.25) is 10.0 Å². The second-order valence-corrected chi connectivity index (χ2v) is 8.23. The van der Waals surface area contributed by atoms with Crippen molar-refractivity contribution in [3.05, 3.63) is 27.7 Å². The van der Waals surface area contributed by atoms with Gasteiger partial charge in [0.05, 0.1) is 15.5 Å². The van der Waals surface area contributed by atoms with E-state index >= 15 is 0 Å². The minimum Gasteiger partial charge on any atom is -0.396 e. The number of benzene rings is 1. The first-order chi connectivity index (χ1) is 11.9. The molecule has 1 saturated heterocycles. The van der Waals surface area contributed by atoms with Crippen molar-refractivity contribution in [2.45, 2.75) is 31.1 Å². The molecule has 3 atom stereocenters. The van der Waals surface area contributed by atoms with E-state index in [0.717, 1.165) is 24.8 Å². The fraction of sp³-hybridized carbons (Fsp3) is 0.556. The second kappa shape index (κ2) is 6.15. The second-order valence-electron chi connectivity index (χ2n) is 7.42. The summed E-state index contributed by atoms with van der Waals surface area (Å²) in [6.45, 7) is 1.08. The van der Waals surface area contributed by atoms with Gasteiger partial charge < -0.3 is 15.3 Å². The zero-order valence-electron chi connectivity index (χ0n) is 13.7. The first-order valence-corrected chi connectivity index (χ1v) is 9.41. The summed E-state index contributed by atoms with van der Waals surface area (Å²) in [5, 5.41) is 13.0. The van der Waals surface area contributed by atoms with Crippen molar-refractivity contribution in [1.82, 2.24) is 4.90 Å². The minimum atomic E-state index is -0.728. The molecule has 2 heterocycles. The molecule has 1 spiro atoms. The van der Waals surface area contributed by atoms with Gasteiger partial charge in [0.25, 0.3) is 0 Å². The number of anilines is 1.